The van der Waals surface area contributed by atoms with Gasteiger partial charge in [0.15, 0.2) is 0 Å². The summed E-state index contributed by atoms with van der Waals surface area (Å²) in [6.45, 7) is 0. The molecule has 0 unspecified atom stereocenters. The van der Waals surface area contributed by atoms with E-state index in [1.54, 1.807) is 0 Å². The van der Waals surface area contributed by atoms with E-state index in [0.717, 1.165) is 0 Å². The first-order valence-corrected chi connectivity index (χ1v) is 3.67. The summed E-state index contributed by atoms with van der Waals surface area (Å²) in [6, 6.07) is 0. The summed E-state index contributed by atoms with van der Waals surface area (Å²) in [5.74, 6) is 0. The van der Waals surface area contributed by atoms with Crippen LogP contribution in [0.4, 0.5) is 0 Å². The molecular formula is H2AlNaO8Si2Zn. The van der Waals surface area contributed by atoms with E-state index in [1.165, 1.54) is 0 Å². The van der Waals surface area contributed by atoms with E-state index in [1.807, 2.05) is 0 Å². The quantitative estimate of drug-likeness (QED) is 0.394. The van der Waals surface area contributed by atoms with Gasteiger partial charge in [0.25, 0.3) is 0 Å². The zero-order chi connectivity index (χ0) is 7.15. The summed E-state index contributed by atoms with van der Waals surface area (Å²) in [5.41, 5.74) is 0. The van der Waals surface area contributed by atoms with Gasteiger partial charge >= 0.3 is 66.4 Å². The maximum Gasteiger partial charge on any atom is 3.00 e. The molecular weight excluding hydrogens is 300 g/mol. The molecule has 64 valence electrons. The van der Waals surface area contributed by atoms with Crippen molar-refractivity contribution in [3.8, 4) is 0 Å². The number of hydrogen-bond donors (Lipinski definition) is 0. The van der Waals surface area contributed by atoms with E-state index >= 15 is 0 Å². The topological polar surface area (TPSA) is 186 Å². The summed E-state index contributed by atoms with van der Waals surface area (Å²) in [6.07, 6.45) is 0. The minimum Gasteiger partial charge on any atom is -0.870 e. The number of hydrogen-bond acceptors (Lipinski definition) is 8. The van der Waals surface area contributed by atoms with Crippen LogP contribution in [0.1, 0.15) is 0 Å². The molecule has 0 heterocycles. The third-order valence-electron chi connectivity index (χ3n) is 0. The van der Waals surface area contributed by atoms with Crippen LogP contribution in [-0.4, -0.2) is 46.7 Å². The molecule has 2 N–H and O–H groups in total. The molecule has 0 aromatic carbocycles. The Balaban J connectivity index is -0.00000000800. The Labute approximate surface area is 123 Å². The zero-order valence-electron chi connectivity index (χ0n) is 6.63. The first-order valence-electron chi connectivity index (χ1n) is 1.22. The van der Waals surface area contributed by atoms with Crippen molar-refractivity contribution in [3.63, 3.8) is 0 Å². The van der Waals surface area contributed by atoms with Crippen LogP contribution in [0, 0.1) is 0 Å². The van der Waals surface area contributed by atoms with Gasteiger partial charge in [0.1, 0.15) is 0 Å². The average Bonchev–Trinajstić information content (AvgIpc) is 1.25. The molecule has 0 bridgehead atoms. The van der Waals surface area contributed by atoms with Gasteiger partial charge in [0.2, 0.25) is 0 Å². The third-order valence-corrected chi connectivity index (χ3v) is 0. The molecule has 0 aliphatic heterocycles. The van der Waals surface area contributed by atoms with E-state index in [4.69, 9.17) is 28.1 Å². The molecule has 13 heteroatoms. The molecule has 0 saturated carbocycles. The van der Waals surface area contributed by atoms with Gasteiger partial charge < -0.3 is 39.1 Å². The summed E-state index contributed by atoms with van der Waals surface area (Å²) in [7, 11) is -7.26. The van der Waals surface area contributed by atoms with Gasteiger partial charge in [-0.2, -0.15) is 0 Å². The van der Waals surface area contributed by atoms with E-state index in [0.29, 0.717) is 0 Å². The SMILES string of the molecule is O=[Si]([O-])[O-].O=[Si]([O-])[O-].[Al+3].[Na+].[OH-].[OH-].[Zn+2]. The Hall–Kier alpha value is 1.31. The summed E-state index contributed by atoms with van der Waals surface area (Å²) in [4.78, 5) is 34.1. The average molecular weight is 302 g/mol. The van der Waals surface area contributed by atoms with Crippen LogP contribution >= 0.6 is 0 Å². The molecule has 0 amide bonds. The van der Waals surface area contributed by atoms with Gasteiger partial charge in [-0.25, -0.2) is 0 Å². The molecule has 0 aliphatic rings. The van der Waals surface area contributed by atoms with Crippen LogP contribution in [0.2, 0.25) is 0 Å². The summed E-state index contributed by atoms with van der Waals surface area (Å²) >= 11 is 0. The fourth-order valence-corrected chi connectivity index (χ4v) is 0. The van der Waals surface area contributed by atoms with Gasteiger partial charge in [0, 0.05) is 18.3 Å². The van der Waals surface area contributed by atoms with E-state index in [-0.39, 0.29) is 77.3 Å². The Morgan fingerprint density at radius 2 is 0.769 bits per heavy atom. The van der Waals surface area contributed by atoms with Crippen LogP contribution in [0.3, 0.4) is 0 Å². The molecule has 8 nitrogen and oxygen atoms in total. The molecule has 13 heavy (non-hydrogen) atoms. The first kappa shape index (κ1) is 47.4. The largest absolute Gasteiger partial charge is 3.00 e. The second kappa shape index (κ2) is 37.7. The maximum atomic E-state index is 8.52. The van der Waals surface area contributed by atoms with Crippen LogP contribution < -0.4 is 48.7 Å². The maximum absolute atomic E-state index is 8.52. The predicted molar refractivity (Wildman–Crippen MR) is 22.5 cm³/mol. The Kier molecular flexibility index (Phi) is 138. The Morgan fingerprint density at radius 3 is 0.769 bits per heavy atom. The third kappa shape index (κ3) is 993. The molecule has 0 spiro atoms. The molecule has 0 atom stereocenters. The van der Waals surface area contributed by atoms with E-state index in [2.05, 4.69) is 0 Å². The minimum absolute atomic E-state index is 0. The molecule has 0 saturated heterocycles. The first-order chi connectivity index (χ1) is 3.46. The predicted octanol–water partition coefficient (Wildman–Crippen LogP) is -9.49. The van der Waals surface area contributed by atoms with Crippen molar-refractivity contribution in [1.82, 2.24) is 0 Å². The van der Waals surface area contributed by atoms with Gasteiger partial charge in [-0.05, 0) is 0 Å². The smallest absolute Gasteiger partial charge is 0.870 e. The van der Waals surface area contributed by atoms with Gasteiger partial charge in [0.05, 0.1) is 0 Å². The summed E-state index contributed by atoms with van der Waals surface area (Å²) in [5, 5.41) is 0. The van der Waals surface area contributed by atoms with Crippen molar-refractivity contribution in [2.75, 3.05) is 0 Å². The Bertz CT molecular complexity index is 80.1. The molecule has 0 aliphatic carbocycles. The second-order valence-corrected chi connectivity index (χ2v) is 1.50. The molecule has 0 rings (SSSR count). The van der Waals surface area contributed by atoms with Gasteiger partial charge in [-0.15, -0.1) is 0 Å². The Morgan fingerprint density at radius 1 is 0.769 bits per heavy atom. The number of rotatable bonds is 0. The van der Waals surface area contributed by atoms with Crippen LogP contribution in [-0.2, 0) is 28.4 Å². The second-order valence-electron chi connectivity index (χ2n) is 0.500. The van der Waals surface area contributed by atoms with Crippen molar-refractivity contribution < 1.29 is 88.1 Å². The molecule has 0 aromatic rings. The van der Waals surface area contributed by atoms with Gasteiger partial charge in [-0.1, -0.05) is 0 Å². The molecule has 0 fully saturated rings. The molecule has 0 aromatic heterocycles. The van der Waals surface area contributed by atoms with Crippen molar-refractivity contribution in [2.45, 2.75) is 0 Å². The standard InChI is InChI=1S/Al.Na.2O3Si.2H2O.Zn/c;;2*1-4(2)3;;;/h;;;;2*1H2;/q+3;+1;2*-2;;;+2/p-2. The zero-order valence-corrected chi connectivity index (χ0v) is 14.8. The van der Waals surface area contributed by atoms with Crippen molar-refractivity contribution in [1.29, 1.82) is 0 Å². The van der Waals surface area contributed by atoms with Crippen LogP contribution in [0.5, 0.6) is 0 Å². The van der Waals surface area contributed by atoms with Crippen LogP contribution in [0.15, 0.2) is 0 Å². The van der Waals surface area contributed by atoms with Crippen LogP contribution in [0.25, 0.3) is 0 Å². The van der Waals surface area contributed by atoms with E-state index < -0.39 is 18.3 Å². The summed E-state index contributed by atoms with van der Waals surface area (Å²) < 4.78 is 17.0. The monoisotopic (exact) mass is 300 g/mol. The minimum atomic E-state index is -3.63. The van der Waals surface area contributed by atoms with Crippen molar-refractivity contribution in [2.24, 2.45) is 0 Å². The normalized spacial score (nSPS) is 3.69. The molecule has 0 radical (unpaired) electrons. The van der Waals surface area contributed by atoms with E-state index in [9.17, 15) is 0 Å². The fraction of sp³-hybridized carbons (Fsp3) is 0. The van der Waals surface area contributed by atoms with Crippen molar-refractivity contribution >= 4 is 35.7 Å². The fourth-order valence-electron chi connectivity index (χ4n) is 0. The van der Waals surface area contributed by atoms with Crippen molar-refractivity contribution in [3.05, 3.63) is 0 Å². The van der Waals surface area contributed by atoms with Gasteiger partial charge in [-0.3, -0.25) is 0 Å².